The van der Waals surface area contributed by atoms with Crippen molar-refractivity contribution in [2.45, 2.75) is 39.5 Å². The van der Waals surface area contributed by atoms with Crippen LogP contribution in [0.3, 0.4) is 0 Å². The zero-order valence-electron chi connectivity index (χ0n) is 22.0. The predicted molar refractivity (Wildman–Crippen MR) is 155 cm³/mol. The minimum atomic E-state index is -0.250. The van der Waals surface area contributed by atoms with E-state index in [2.05, 4.69) is 42.0 Å². The van der Waals surface area contributed by atoms with Crippen molar-refractivity contribution in [1.29, 1.82) is 0 Å². The van der Waals surface area contributed by atoms with Gasteiger partial charge in [-0.25, -0.2) is 8.78 Å². The van der Waals surface area contributed by atoms with Gasteiger partial charge in [0.15, 0.2) is 0 Å². The Hall–Kier alpha value is -3.89. The van der Waals surface area contributed by atoms with E-state index in [1.54, 1.807) is 24.3 Å². The topological polar surface area (TPSA) is 25.8 Å². The molecule has 0 spiro atoms. The van der Waals surface area contributed by atoms with Gasteiger partial charge in [0, 0.05) is 28.5 Å². The first-order valence-corrected chi connectivity index (χ1v) is 13.4. The summed E-state index contributed by atoms with van der Waals surface area (Å²) < 4.78 is 26.5. The van der Waals surface area contributed by atoms with Gasteiger partial charge in [-0.2, -0.15) is 0 Å². The van der Waals surface area contributed by atoms with Crippen molar-refractivity contribution in [3.63, 3.8) is 0 Å². The van der Waals surface area contributed by atoms with E-state index in [0.717, 1.165) is 53.2 Å². The molecule has 0 unspecified atom stereocenters. The summed E-state index contributed by atoms with van der Waals surface area (Å²) in [6, 6.07) is 23.2. The van der Waals surface area contributed by atoms with Gasteiger partial charge in [-0.15, -0.1) is 0 Å². The fourth-order valence-corrected chi connectivity index (χ4v) is 5.09. The first kappa shape index (κ1) is 26.7. The molecular weight excluding hydrogens is 510 g/mol. The molecular formula is C34H29ClF2N2. The van der Waals surface area contributed by atoms with Gasteiger partial charge in [0.25, 0.3) is 0 Å². The van der Waals surface area contributed by atoms with E-state index in [0.29, 0.717) is 0 Å². The smallest absolute Gasteiger partial charge is 0.123 e. The highest BCUT2D eigenvalue weighted by atomic mass is 35.5. The van der Waals surface area contributed by atoms with Crippen LogP contribution < -0.4 is 0 Å². The van der Waals surface area contributed by atoms with Gasteiger partial charge in [-0.05, 0) is 146 Å². The Balaban J connectivity index is 1.23. The fourth-order valence-electron chi connectivity index (χ4n) is 4.81. The Morgan fingerprint density at radius 3 is 1.36 bits per heavy atom. The van der Waals surface area contributed by atoms with Crippen LogP contribution in [0.25, 0.3) is 22.5 Å². The number of hydrogen-bond donors (Lipinski definition) is 0. The van der Waals surface area contributed by atoms with Crippen molar-refractivity contribution >= 4 is 11.6 Å². The molecule has 0 aliphatic carbocycles. The van der Waals surface area contributed by atoms with Gasteiger partial charge >= 0.3 is 0 Å². The van der Waals surface area contributed by atoms with Crippen molar-refractivity contribution in [1.82, 2.24) is 9.97 Å². The van der Waals surface area contributed by atoms with E-state index in [4.69, 9.17) is 11.6 Å². The van der Waals surface area contributed by atoms with Crippen molar-refractivity contribution in [3.05, 3.63) is 141 Å². The van der Waals surface area contributed by atoms with E-state index >= 15 is 0 Å². The molecule has 3 aromatic carbocycles. The van der Waals surface area contributed by atoms with E-state index in [-0.39, 0.29) is 11.6 Å². The van der Waals surface area contributed by atoms with E-state index in [9.17, 15) is 8.78 Å². The average Bonchev–Trinajstić information content (AvgIpc) is 2.92. The normalized spacial score (nSPS) is 11.1. The van der Waals surface area contributed by atoms with E-state index in [1.807, 2.05) is 24.5 Å². The standard InChI is InChI=1S/C34H29ClF2N2/c1-22-15-33(26-7-11-31(36)12-8-26)38-20-28(22)5-3-24-17-25(19-30(35)18-24)4-6-29-21-39-34(16-23(29)2)27-9-13-32(37)14-10-27/h7-21H,3-6H2,1-2H3. The average molecular weight is 539 g/mol. The van der Waals surface area contributed by atoms with Crippen LogP contribution in [0.15, 0.2) is 91.3 Å². The van der Waals surface area contributed by atoms with Gasteiger partial charge in [0.1, 0.15) is 11.6 Å². The summed E-state index contributed by atoms with van der Waals surface area (Å²) in [5, 5.41) is 0.741. The molecule has 0 fully saturated rings. The Kier molecular flexibility index (Phi) is 8.13. The Morgan fingerprint density at radius 2 is 0.974 bits per heavy atom. The number of aryl methyl sites for hydroxylation is 6. The molecule has 5 aromatic rings. The molecule has 2 aromatic heterocycles. The monoisotopic (exact) mass is 538 g/mol. The maximum Gasteiger partial charge on any atom is 0.123 e. The zero-order chi connectivity index (χ0) is 27.4. The molecule has 0 N–H and O–H groups in total. The lowest BCUT2D eigenvalue weighted by Crippen LogP contribution is -2.00. The molecule has 2 heterocycles. The minimum Gasteiger partial charge on any atom is -0.256 e. The van der Waals surface area contributed by atoms with Gasteiger partial charge in [-0.1, -0.05) is 17.7 Å². The first-order chi connectivity index (χ1) is 18.8. The highest BCUT2D eigenvalue weighted by Crippen LogP contribution is 2.24. The molecule has 0 amide bonds. The van der Waals surface area contributed by atoms with Crippen LogP contribution in [-0.4, -0.2) is 9.97 Å². The first-order valence-electron chi connectivity index (χ1n) is 13.1. The molecule has 5 heteroatoms. The zero-order valence-corrected chi connectivity index (χ0v) is 22.8. The Bertz CT molecular complexity index is 1480. The minimum absolute atomic E-state index is 0.250. The van der Waals surface area contributed by atoms with Crippen LogP contribution in [0.2, 0.25) is 5.02 Å². The third-order valence-electron chi connectivity index (χ3n) is 7.10. The van der Waals surface area contributed by atoms with Crippen LogP contribution >= 0.6 is 11.6 Å². The van der Waals surface area contributed by atoms with Crippen LogP contribution in [0.4, 0.5) is 8.78 Å². The van der Waals surface area contributed by atoms with Gasteiger partial charge in [0.05, 0.1) is 11.4 Å². The lowest BCUT2D eigenvalue weighted by atomic mass is 9.97. The lowest BCUT2D eigenvalue weighted by Gasteiger charge is -2.11. The molecule has 0 aliphatic heterocycles. The third kappa shape index (κ3) is 6.76. The maximum atomic E-state index is 13.3. The number of hydrogen-bond acceptors (Lipinski definition) is 2. The highest BCUT2D eigenvalue weighted by molar-refractivity contribution is 6.30. The summed E-state index contributed by atoms with van der Waals surface area (Å²) >= 11 is 6.50. The summed E-state index contributed by atoms with van der Waals surface area (Å²) in [7, 11) is 0. The van der Waals surface area contributed by atoms with Gasteiger partial charge in [0.2, 0.25) is 0 Å². The molecule has 0 saturated carbocycles. The summed E-state index contributed by atoms with van der Waals surface area (Å²) in [5.41, 5.74) is 10.6. The number of rotatable bonds is 8. The third-order valence-corrected chi connectivity index (χ3v) is 7.32. The molecule has 2 nitrogen and oxygen atoms in total. The summed E-state index contributed by atoms with van der Waals surface area (Å²) in [6.45, 7) is 4.18. The van der Waals surface area contributed by atoms with Gasteiger partial charge < -0.3 is 0 Å². The number of pyridine rings is 2. The number of aromatic nitrogens is 2. The molecule has 0 radical (unpaired) electrons. The quantitative estimate of drug-likeness (QED) is 0.197. The lowest BCUT2D eigenvalue weighted by molar-refractivity contribution is 0.627. The largest absolute Gasteiger partial charge is 0.256 e. The summed E-state index contributed by atoms with van der Waals surface area (Å²) in [4.78, 5) is 9.23. The summed E-state index contributed by atoms with van der Waals surface area (Å²) in [6.07, 6.45) is 7.28. The SMILES string of the molecule is Cc1cc(-c2ccc(F)cc2)ncc1CCc1cc(Cl)cc(CCc2cnc(-c3ccc(F)cc3)cc2C)c1. The van der Waals surface area contributed by atoms with Crippen molar-refractivity contribution in [2.75, 3.05) is 0 Å². The molecule has 196 valence electrons. The van der Waals surface area contributed by atoms with E-state index < -0.39 is 0 Å². The van der Waals surface area contributed by atoms with Gasteiger partial charge in [-0.3, -0.25) is 9.97 Å². The van der Waals surface area contributed by atoms with Crippen LogP contribution in [-0.2, 0) is 25.7 Å². The fraction of sp³-hybridized carbons (Fsp3) is 0.176. The molecule has 0 aliphatic rings. The predicted octanol–water partition coefficient (Wildman–Crippen LogP) is 8.93. The van der Waals surface area contributed by atoms with Crippen LogP contribution in [0.5, 0.6) is 0 Å². The molecule has 0 atom stereocenters. The number of nitrogens with zero attached hydrogens (tertiary/aromatic N) is 2. The van der Waals surface area contributed by atoms with Crippen molar-refractivity contribution < 1.29 is 8.78 Å². The second kappa shape index (κ2) is 11.9. The van der Waals surface area contributed by atoms with Crippen molar-refractivity contribution in [3.8, 4) is 22.5 Å². The van der Waals surface area contributed by atoms with Crippen molar-refractivity contribution in [2.24, 2.45) is 0 Å². The van der Waals surface area contributed by atoms with Crippen LogP contribution in [0.1, 0.15) is 33.4 Å². The van der Waals surface area contributed by atoms with E-state index in [1.165, 1.54) is 57.6 Å². The molecule has 39 heavy (non-hydrogen) atoms. The number of benzene rings is 3. The Labute approximate surface area is 233 Å². The second-order valence-electron chi connectivity index (χ2n) is 9.97. The summed E-state index contributed by atoms with van der Waals surface area (Å²) in [5.74, 6) is -0.501. The number of halogens is 3. The Morgan fingerprint density at radius 1 is 0.564 bits per heavy atom. The molecule has 0 bridgehead atoms. The highest BCUT2D eigenvalue weighted by Gasteiger charge is 2.09. The molecule has 5 rings (SSSR count). The second-order valence-corrected chi connectivity index (χ2v) is 10.4. The van der Waals surface area contributed by atoms with Crippen LogP contribution in [0, 0.1) is 25.5 Å². The molecule has 0 saturated heterocycles. The maximum absolute atomic E-state index is 13.3.